The van der Waals surface area contributed by atoms with Gasteiger partial charge in [-0.05, 0) is 12.8 Å². The van der Waals surface area contributed by atoms with Gasteiger partial charge in [-0.15, -0.1) is 0 Å². The van der Waals surface area contributed by atoms with Crippen LogP contribution in [0.4, 0.5) is 0 Å². The molecule has 4 heteroatoms. The van der Waals surface area contributed by atoms with Gasteiger partial charge in [0.25, 0.3) is 0 Å². The zero-order valence-electron chi connectivity index (χ0n) is 10.2. The lowest BCUT2D eigenvalue weighted by Gasteiger charge is -2.11. The first-order valence-corrected chi connectivity index (χ1v) is 5.37. The fraction of sp³-hybridized carbons (Fsp3) is 0.818. The first-order chi connectivity index (χ1) is 6.95. The molecule has 0 saturated carbocycles. The van der Waals surface area contributed by atoms with Crippen LogP contribution in [0.3, 0.4) is 0 Å². The molecule has 0 unspecified atom stereocenters. The highest BCUT2D eigenvalue weighted by Crippen LogP contribution is 2.08. The summed E-state index contributed by atoms with van der Waals surface area (Å²) in [4.78, 5) is 24.4. The van der Waals surface area contributed by atoms with Gasteiger partial charge in [-0.3, -0.25) is 9.59 Å². The number of nitrogens with zero attached hydrogens (tertiary/aromatic N) is 2. The van der Waals surface area contributed by atoms with Gasteiger partial charge in [-0.1, -0.05) is 6.42 Å². The number of carbonyl (C=O) groups excluding carboxylic acids is 2. The molecule has 2 amide bonds. The third kappa shape index (κ3) is 6.94. The number of hydrogen-bond acceptors (Lipinski definition) is 2. The largest absolute Gasteiger partial charge is 0.349 e. The van der Waals surface area contributed by atoms with Crippen molar-refractivity contribution in [2.24, 2.45) is 0 Å². The highest BCUT2D eigenvalue weighted by atomic mass is 16.2. The van der Waals surface area contributed by atoms with Crippen LogP contribution in [-0.4, -0.2) is 49.3 Å². The van der Waals surface area contributed by atoms with E-state index in [1.165, 1.54) is 24.7 Å². The second kappa shape index (κ2) is 7.26. The zero-order valence-corrected chi connectivity index (χ0v) is 10.2. The quantitative estimate of drug-likeness (QED) is 0.606. The molecule has 0 spiro atoms. The van der Waals surface area contributed by atoms with Crippen LogP contribution in [0.5, 0.6) is 0 Å². The van der Waals surface area contributed by atoms with Crippen LogP contribution < -0.4 is 0 Å². The molecule has 0 aromatic rings. The lowest BCUT2D eigenvalue weighted by Crippen LogP contribution is -2.25. The molecule has 88 valence electrons. The summed E-state index contributed by atoms with van der Waals surface area (Å²) >= 11 is 0. The van der Waals surface area contributed by atoms with Crippen LogP contribution in [0.15, 0.2) is 0 Å². The average Bonchev–Trinajstić information content (AvgIpc) is 2.33. The summed E-state index contributed by atoms with van der Waals surface area (Å²) in [6.07, 6.45) is 4.25. The Morgan fingerprint density at radius 3 is 2.27 bits per heavy atom. The molecule has 0 radical (unpaired) electrons. The molecule has 15 heavy (non-hydrogen) atoms. The van der Waals surface area contributed by atoms with E-state index in [1.54, 1.807) is 14.1 Å². The maximum absolute atomic E-state index is 10.9. The Kier molecular flexibility index (Phi) is 6.75. The van der Waals surface area contributed by atoms with Crippen molar-refractivity contribution in [3.05, 3.63) is 0 Å². The van der Waals surface area contributed by atoms with Gasteiger partial charge in [-0.2, -0.15) is 0 Å². The van der Waals surface area contributed by atoms with Crippen LogP contribution in [0.1, 0.15) is 32.6 Å². The molecule has 1 rings (SSSR count). The summed E-state index contributed by atoms with van der Waals surface area (Å²) in [5, 5.41) is 0. The summed E-state index contributed by atoms with van der Waals surface area (Å²) in [5.74, 6) is 0.405. The molecular formula is C11H22N2O2. The first-order valence-electron chi connectivity index (χ1n) is 5.37. The highest BCUT2D eigenvalue weighted by molar-refractivity contribution is 5.75. The third-order valence-electron chi connectivity index (χ3n) is 2.44. The Bertz CT molecular complexity index is 215. The van der Waals surface area contributed by atoms with E-state index in [4.69, 9.17) is 0 Å². The SMILES string of the molecule is CC(=O)N(C)C.CN1CCCCCC1=O. The number of hydrogen-bond donors (Lipinski definition) is 0. The van der Waals surface area contributed by atoms with E-state index in [2.05, 4.69) is 0 Å². The van der Waals surface area contributed by atoms with Gasteiger partial charge in [0.15, 0.2) is 0 Å². The van der Waals surface area contributed by atoms with Crippen molar-refractivity contribution in [1.29, 1.82) is 0 Å². The molecule has 1 heterocycles. The van der Waals surface area contributed by atoms with Gasteiger partial charge in [0.2, 0.25) is 11.8 Å². The predicted molar refractivity (Wildman–Crippen MR) is 60.5 cm³/mol. The minimum Gasteiger partial charge on any atom is -0.349 e. The monoisotopic (exact) mass is 214 g/mol. The summed E-state index contributed by atoms with van der Waals surface area (Å²) in [6, 6.07) is 0. The van der Waals surface area contributed by atoms with Gasteiger partial charge in [0, 0.05) is 41.0 Å². The lowest BCUT2D eigenvalue weighted by atomic mass is 10.2. The van der Waals surface area contributed by atoms with Crippen molar-refractivity contribution in [3.63, 3.8) is 0 Å². The molecule has 0 aliphatic carbocycles. The van der Waals surface area contributed by atoms with Gasteiger partial charge in [0.05, 0.1) is 0 Å². The Hall–Kier alpha value is -1.06. The van der Waals surface area contributed by atoms with Crippen molar-refractivity contribution in [3.8, 4) is 0 Å². The maximum Gasteiger partial charge on any atom is 0.222 e. The smallest absolute Gasteiger partial charge is 0.222 e. The molecule has 0 bridgehead atoms. The van der Waals surface area contributed by atoms with Crippen LogP contribution in [0.25, 0.3) is 0 Å². The van der Waals surface area contributed by atoms with Crippen molar-refractivity contribution in [2.45, 2.75) is 32.6 Å². The fourth-order valence-electron chi connectivity index (χ4n) is 1.12. The maximum atomic E-state index is 10.9. The molecule has 0 atom stereocenters. The van der Waals surface area contributed by atoms with Gasteiger partial charge in [0.1, 0.15) is 0 Å². The normalized spacial score (nSPS) is 16.3. The van der Waals surface area contributed by atoms with Crippen molar-refractivity contribution < 1.29 is 9.59 Å². The highest BCUT2D eigenvalue weighted by Gasteiger charge is 2.10. The van der Waals surface area contributed by atoms with E-state index in [-0.39, 0.29) is 5.91 Å². The second-order valence-electron chi connectivity index (χ2n) is 4.04. The molecule has 0 aromatic heterocycles. The molecule has 1 fully saturated rings. The summed E-state index contributed by atoms with van der Waals surface area (Å²) < 4.78 is 0. The lowest BCUT2D eigenvalue weighted by molar-refractivity contribution is -0.129. The number of likely N-dealkylation sites (tertiary alicyclic amines) is 1. The molecule has 0 aromatic carbocycles. The van der Waals surface area contributed by atoms with E-state index in [0.29, 0.717) is 5.91 Å². The van der Waals surface area contributed by atoms with E-state index in [0.717, 1.165) is 19.4 Å². The third-order valence-corrected chi connectivity index (χ3v) is 2.44. The molecular weight excluding hydrogens is 192 g/mol. The Labute approximate surface area is 92.2 Å². The zero-order chi connectivity index (χ0) is 11.8. The number of amides is 2. The van der Waals surface area contributed by atoms with Crippen LogP contribution in [0, 0.1) is 0 Å². The molecule has 1 saturated heterocycles. The summed E-state index contributed by atoms with van der Waals surface area (Å²) in [7, 11) is 5.33. The van der Waals surface area contributed by atoms with Gasteiger partial charge >= 0.3 is 0 Å². The van der Waals surface area contributed by atoms with Crippen LogP contribution in [0.2, 0.25) is 0 Å². The molecule has 4 nitrogen and oxygen atoms in total. The van der Waals surface area contributed by atoms with E-state index in [1.807, 2.05) is 11.9 Å². The standard InChI is InChI=1S/C7H13NO.C4H9NO/c1-8-6-4-2-3-5-7(8)9;1-4(6)5(2)3/h2-6H2,1H3;1-3H3. The summed E-state index contributed by atoms with van der Waals surface area (Å²) in [6.45, 7) is 2.48. The van der Waals surface area contributed by atoms with Gasteiger partial charge < -0.3 is 9.80 Å². The Morgan fingerprint density at radius 1 is 1.27 bits per heavy atom. The molecule has 1 aliphatic heterocycles. The average molecular weight is 214 g/mol. The summed E-state index contributed by atoms with van der Waals surface area (Å²) in [5.41, 5.74) is 0. The van der Waals surface area contributed by atoms with Crippen molar-refractivity contribution >= 4 is 11.8 Å². The topological polar surface area (TPSA) is 40.6 Å². The van der Waals surface area contributed by atoms with Gasteiger partial charge in [-0.25, -0.2) is 0 Å². The van der Waals surface area contributed by atoms with Crippen LogP contribution >= 0.6 is 0 Å². The van der Waals surface area contributed by atoms with E-state index in [9.17, 15) is 9.59 Å². The molecule has 1 aliphatic rings. The first kappa shape index (κ1) is 13.9. The predicted octanol–water partition coefficient (Wildman–Crippen LogP) is 1.11. The molecule has 0 N–H and O–H groups in total. The van der Waals surface area contributed by atoms with E-state index < -0.39 is 0 Å². The van der Waals surface area contributed by atoms with E-state index >= 15 is 0 Å². The Morgan fingerprint density at radius 2 is 1.80 bits per heavy atom. The van der Waals surface area contributed by atoms with Crippen molar-refractivity contribution in [1.82, 2.24) is 9.80 Å². The Balaban J connectivity index is 0.000000288. The van der Waals surface area contributed by atoms with Crippen molar-refractivity contribution in [2.75, 3.05) is 27.7 Å². The van der Waals surface area contributed by atoms with Crippen LogP contribution in [-0.2, 0) is 9.59 Å². The number of carbonyl (C=O) groups is 2. The minimum atomic E-state index is 0.0926. The fourth-order valence-corrected chi connectivity index (χ4v) is 1.12. The number of rotatable bonds is 0. The minimum absolute atomic E-state index is 0.0926. The second-order valence-corrected chi connectivity index (χ2v) is 4.04.